The minimum atomic E-state index is 0.626. The SMILES string of the molecule is CN(CC1CCCC1)C1CCc2cc(N)ccc21. The number of nitrogens with zero attached hydrogens (tertiary/aromatic N) is 1. The number of nitrogens with two attached hydrogens (primary N) is 1. The van der Waals surface area contributed by atoms with Gasteiger partial charge in [0.1, 0.15) is 0 Å². The molecule has 0 radical (unpaired) electrons. The first kappa shape index (κ1) is 12.0. The summed E-state index contributed by atoms with van der Waals surface area (Å²) in [5.74, 6) is 0.938. The Labute approximate surface area is 110 Å². The molecule has 2 nitrogen and oxygen atoms in total. The molecule has 2 heteroatoms. The highest BCUT2D eigenvalue weighted by atomic mass is 15.1. The largest absolute Gasteiger partial charge is 0.399 e. The maximum Gasteiger partial charge on any atom is 0.0351 e. The number of fused-ring (bicyclic) bond motifs is 1. The number of hydrogen-bond acceptors (Lipinski definition) is 2. The van der Waals surface area contributed by atoms with E-state index >= 15 is 0 Å². The van der Waals surface area contributed by atoms with Crippen molar-refractivity contribution in [3.8, 4) is 0 Å². The molecule has 1 unspecified atom stereocenters. The van der Waals surface area contributed by atoms with E-state index < -0.39 is 0 Å². The first-order chi connectivity index (χ1) is 8.74. The molecular weight excluding hydrogens is 220 g/mol. The number of hydrogen-bond donors (Lipinski definition) is 1. The van der Waals surface area contributed by atoms with Crippen molar-refractivity contribution < 1.29 is 0 Å². The fourth-order valence-electron chi connectivity index (χ4n) is 3.80. The van der Waals surface area contributed by atoms with E-state index in [0.29, 0.717) is 6.04 Å². The van der Waals surface area contributed by atoms with Crippen molar-refractivity contribution in [1.29, 1.82) is 0 Å². The van der Waals surface area contributed by atoms with E-state index in [9.17, 15) is 0 Å². The van der Waals surface area contributed by atoms with Crippen molar-refractivity contribution in [1.82, 2.24) is 4.90 Å². The fraction of sp³-hybridized carbons (Fsp3) is 0.625. The zero-order valence-electron chi connectivity index (χ0n) is 11.4. The van der Waals surface area contributed by atoms with E-state index in [1.165, 1.54) is 56.2 Å². The predicted octanol–water partition coefficient (Wildman–Crippen LogP) is 3.38. The molecule has 0 spiro atoms. The monoisotopic (exact) mass is 244 g/mol. The van der Waals surface area contributed by atoms with Gasteiger partial charge in [-0.25, -0.2) is 0 Å². The molecule has 18 heavy (non-hydrogen) atoms. The molecule has 98 valence electrons. The minimum absolute atomic E-state index is 0.626. The van der Waals surface area contributed by atoms with Crippen LogP contribution in [0.1, 0.15) is 49.3 Å². The zero-order valence-corrected chi connectivity index (χ0v) is 11.4. The van der Waals surface area contributed by atoms with Gasteiger partial charge in [0.05, 0.1) is 0 Å². The second-order valence-electron chi connectivity index (χ2n) is 6.10. The second-order valence-corrected chi connectivity index (χ2v) is 6.10. The Morgan fingerprint density at radius 3 is 2.78 bits per heavy atom. The summed E-state index contributed by atoms with van der Waals surface area (Å²) < 4.78 is 0. The van der Waals surface area contributed by atoms with Gasteiger partial charge in [0.2, 0.25) is 0 Å². The fourth-order valence-corrected chi connectivity index (χ4v) is 3.80. The van der Waals surface area contributed by atoms with Crippen LogP contribution in [0.15, 0.2) is 18.2 Å². The summed E-state index contributed by atoms with van der Waals surface area (Å²) in [7, 11) is 2.30. The van der Waals surface area contributed by atoms with E-state index in [0.717, 1.165) is 11.6 Å². The van der Waals surface area contributed by atoms with Crippen molar-refractivity contribution in [2.45, 2.75) is 44.6 Å². The molecule has 0 aliphatic heterocycles. The number of rotatable bonds is 3. The van der Waals surface area contributed by atoms with Gasteiger partial charge in [-0.3, -0.25) is 4.90 Å². The summed E-state index contributed by atoms with van der Waals surface area (Å²) in [5.41, 5.74) is 9.77. The van der Waals surface area contributed by atoms with Crippen LogP contribution in [-0.2, 0) is 6.42 Å². The summed E-state index contributed by atoms with van der Waals surface area (Å²) in [6, 6.07) is 7.09. The van der Waals surface area contributed by atoms with Crippen LogP contribution in [0.4, 0.5) is 5.69 Å². The van der Waals surface area contributed by atoms with E-state index in [2.05, 4.69) is 30.1 Å². The van der Waals surface area contributed by atoms with Crippen molar-refractivity contribution in [2.75, 3.05) is 19.3 Å². The highest BCUT2D eigenvalue weighted by molar-refractivity contribution is 5.47. The molecule has 1 aromatic carbocycles. The molecule has 2 N–H and O–H groups in total. The lowest BCUT2D eigenvalue weighted by atomic mass is 10.0. The number of aryl methyl sites for hydroxylation is 1. The Bertz CT molecular complexity index is 421. The quantitative estimate of drug-likeness (QED) is 0.826. The van der Waals surface area contributed by atoms with Crippen LogP contribution in [0, 0.1) is 5.92 Å². The Morgan fingerprint density at radius 2 is 2.00 bits per heavy atom. The van der Waals surface area contributed by atoms with Crippen LogP contribution >= 0.6 is 0 Å². The maximum absolute atomic E-state index is 5.87. The average molecular weight is 244 g/mol. The molecule has 1 aromatic rings. The zero-order chi connectivity index (χ0) is 12.5. The number of anilines is 1. The van der Waals surface area contributed by atoms with Gasteiger partial charge >= 0.3 is 0 Å². The van der Waals surface area contributed by atoms with Crippen LogP contribution in [0.3, 0.4) is 0 Å². The molecule has 1 saturated carbocycles. The van der Waals surface area contributed by atoms with Crippen LogP contribution in [0.2, 0.25) is 0 Å². The molecule has 3 rings (SSSR count). The third-order valence-corrected chi connectivity index (χ3v) is 4.77. The van der Waals surface area contributed by atoms with Gasteiger partial charge in [-0.1, -0.05) is 18.9 Å². The summed E-state index contributed by atoms with van der Waals surface area (Å²) >= 11 is 0. The van der Waals surface area contributed by atoms with Crippen LogP contribution in [-0.4, -0.2) is 18.5 Å². The summed E-state index contributed by atoms with van der Waals surface area (Å²) in [5, 5.41) is 0. The summed E-state index contributed by atoms with van der Waals surface area (Å²) in [4.78, 5) is 2.58. The molecule has 0 amide bonds. The normalized spacial score (nSPS) is 23.8. The lowest BCUT2D eigenvalue weighted by molar-refractivity contribution is 0.208. The average Bonchev–Trinajstić information content (AvgIpc) is 2.97. The predicted molar refractivity (Wildman–Crippen MR) is 76.5 cm³/mol. The van der Waals surface area contributed by atoms with E-state index in [1.807, 2.05) is 0 Å². The van der Waals surface area contributed by atoms with Crippen molar-refractivity contribution in [3.05, 3.63) is 29.3 Å². The van der Waals surface area contributed by atoms with Gasteiger partial charge in [-0.15, -0.1) is 0 Å². The Morgan fingerprint density at radius 1 is 1.22 bits per heavy atom. The molecule has 1 atom stereocenters. The Kier molecular flexibility index (Phi) is 3.29. The molecule has 2 aliphatic carbocycles. The van der Waals surface area contributed by atoms with Gasteiger partial charge in [0, 0.05) is 18.3 Å². The molecule has 0 bridgehead atoms. The smallest absolute Gasteiger partial charge is 0.0351 e. The van der Waals surface area contributed by atoms with Gasteiger partial charge < -0.3 is 5.73 Å². The van der Waals surface area contributed by atoms with E-state index in [-0.39, 0.29) is 0 Å². The molecular formula is C16H24N2. The van der Waals surface area contributed by atoms with Crippen molar-refractivity contribution in [3.63, 3.8) is 0 Å². The molecule has 0 saturated heterocycles. The van der Waals surface area contributed by atoms with Crippen molar-refractivity contribution in [2.24, 2.45) is 5.92 Å². The molecule has 0 aromatic heterocycles. The molecule has 1 fully saturated rings. The van der Waals surface area contributed by atoms with Gasteiger partial charge in [0.25, 0.3) is 0 Å². The Hall–Kier alpha value is -1.02. The lowest BCUT2D eigenvalue weighted by Gasteiger charge is -2.28. The summed E-state index contributed by atoms with van der Waals surface area (Å²) in [6.07, 6.45) is 8.21. The summed E-state index contributed by atoms with van der Waals surface area (Å²) in [6.45, 7) is 1.27. The standard InChI is InChI=1S/C16H24N2/c1-18(11-12-4-2-3-5-12)16-9-6-13-10-14(17)7-8-15(13)16/h7-8,10,12,16H,2-6,9,11,17H2,1H3. The lowest BCUT2D eigenvalue weighted by Crippen LogP contribution is -2.28. The minimum Gasteiger partial charge on any atom is -0.399 e. The Balaban J connectivity index is 1.70. The second kappa shape index (κ2) is 4.93. The number of benzene rings is 1. The highest BCUT2D eigenvalue weighted by Crippen LogP contribution is 2.37. The van der Waals surface area contributed by atoms with Crippen LogP contribution in [0.25, 0.3) is 0 Å². The molecule has 2 aliphatic rings. The van der Waals surface area contributed by atoms with E-state index in [1.54, 1.807) is 0 Å². The first-order valence-electron chi connectivity index (χ1n) is 7.32. The third kappa shape index (κ3) is 2.26. The van der Waals surface area contributed by atoms with Gasteiger partial charge in [-0.2, -0.15) is 0 Å². The highest BCUT2D eigenvalue weighted by Gasteiger charge is 2.27. The first-order valence-corrected chi connectivity index (χ1v) is 7.32. The van der Waals surface area contributed by atoms with Crippen molar-refractivity contribution >= 4 is 5.69 Å². The maximum atomic E-state index is 5.87. The van der Waals surface area contributed by atoms with E-state index in [4.69, 9.17) is 5.73 Å². The third-order valence-electron chi connectivity index (χ3n) is 4.77. The number of nitrogen functional groups attached to an aromatic ring is 1. The van der Waals surface area contributed by atoms with Crippen LogP contribution in [0.5, 0.6) is 0 Å². The van der Waals surface area contributed by atoms with Gasteiger partial charge in [0.15, 0.2) is 0 Å². The topological polar surface area (TPSA) is 29.3 Å². The van der Waals surface area contributed by atoms with Gasteiger partial charge in [-0.05, 0) is 61.9 Å². The molecule has 0 heterocycles. The van der Waals surface area contributed by atoms with Crippen LogP contribution < -0.4 is 5.73 Å².